The van der Waals surface area contributed by atoms with Crippen molar-refractivity contribution in [2.75, 3.05) is 7.05 Å². The molecule has 1 aliphatic heterocycles. The van der Waals surface area contributed by atoms with E-state index in [1.54, 1.807) is 31.1 Å². The SMILES string of the molecule is CC1=C([N+](=O)[O-])C(N)N(C)C=C1. The molecule has 1 atom stereocenters. The van der Waals surface area contributed by atoms with Crippen molar-refractivity contribution in [3.05, 3.63) is 33.7 Å². The van der Waals surface area contributed by atoms with Crippen molar-refractivity contribution in [3.8, 4) is 0 Å². The molecule has 0 amide bonds. The Morgan fingerprint density at radius 2 is 2.33 bits per heavy atom. The molecule has 1 aliphatic rings. The van der Waals surface area contributed by atoms with Crippen LogP contribution >= 0.6 is 0 Å². The molecule has 2 N–H and O–H groups in total. The highest BCUT2D eigenvalue weighted by Crippen LogP contribution is 2.17. The van der Waals surface area contributed by atoms with Crippen LogP contribution in [0.25, 0.3) is 0 Å². The minimum absolute atomic E-state index is 0.0694. The predicted molar refractivity (Wildman–Crippen MR) is 44.6 cm³/mol. The van der Waals surface area contributed by atoms with Gasteiger partial charge in [0, 0.05) is 18.8 Å². The second-order valence-corrected chi connectivity index (χ2v) is 2.75. The number of nitrogens with two attached hydrogens (primary N) is 1. The van der Waals surface area contributed by atoms with Gasteiger partial charge in [0.05, 0.1) is 4.92 Å². The molecule has 1 rings (SSSR count). The van der Waals surface area contributed by atoms with E-state index in [4.69, 9.17) is 5.73 Å². The molecular formula is C7H11N3O2. The standard InChI is InChI=1S/C7H11N3O2/c1-5-3-4-9(2)7(8)6(5)10(11)12/h3-4,7H,8H2,1-2H3. The average molecular weight is 169 g/mol. The van der Waals surface area contributed by atoms with E-state index in [0.717, 1.165) is 0 Å². The summed E-state index contributed by atoms with van der Waals surface area (Å²) in [5.74, 6) is 0. The molecule has 5 nitrogen and oxygen atoms in total. The Morgan fingerprint density at radius 1 is 1.75 bits per heavy atom. The number of rotatable bonds is 1. The maximum absolute atomic E-state index is 10.5. The maximum atomic E-state index is 10.5. The quantitative estimate of drug-likeness (QED) is 0.452. The van der Waals surface area contributed by atoms with Crippen LogP contribution in [0, 0.1) is 10.1 Å². The fourth-order valence-electron chi connectivity index (χ4n) is 1.09. The van der Waals surface area contributed by atoms with Gasteiger partial charge in [-0.15, -0.1) is 0 Å². The number of hydrogen-bond donors (Lipinski definition) is 1. The highest BCUT2D eigenvalue weighted by molar-refractivity contribution is 5.26. The van der Waals surface area contributed by atoms with Gasteiger partial charge in [0.2, 0.25) is 0 Å². The Morgan fingerprint density at radius 3 is 2.75 bits per heavy atom. The van der Waals surface area contributed by atoms with E-state index in [-0.39, 0.29) is 5.70 Å². The molecule has 0 radical (unpaired) electrons. The van der Waals surface area contributed by atoms with E-state index in [9.17, 15) is 10.1 Å². The Bertz CT molecular complexity index is 270. The third-order valence-electron chi connectivity index (χ3n) is 1.88. The van der Waals surface area contributed by atoms with Crippen molar-refractivity contribution in [2.24, 2.45) is 5.73 Å². The summed E-state index contributed by atoms with van der Waals surface area (Å²) >= 11 is 0. The van der Waals surface area contributed by atoms with Crippen LogP contribution in [0.2, 0.25) is 0 Å². The van der Waals surface area contributed by atoms with Gasteiger partial charge in [-0.1, -0.05) is 0 Å². The Labute approximate surface area is 70.3 Å². The number of hydrogen-bond acceptors (Lipinski definition) is 4. The first-order valence-corrected chi connectivity index (χ1v) is 3.55. The van der Waals surface area contributed by atoms with E-state index in [1.165, 1.54) is 0 Å². The zero-order valence-corrected chi connectivity index (χ0v) is 7.02. The number of nitro groups is 1. The summed E-state index contributed by atoms with van der Waals surface area (Å²) in [4.78, 5) is 11.7. The minimum Gasteiger partial charge on any atom is -0.356 e. The van der Waals surface area contributed by atoms with Gasteiger partial charge >= 0.3 is 0 Å². The zero-order valence-electron chi connectivity index (χ0n) is 7.02. The van der Waals surface area contributed by atoms with Crippen LogP contribution in [0.3, 0.4) is 0 Å². The summed E-state index contributed by atoms with van der Waals surface area (Å²) in [5.41, 5.74) is 6.27. The van der Waals surface area contributed by atoms with E-state index >= 15 is 0 Å². The molecule has 1 unspecified atom stereocenters. The Kier molecular flexibility index (Phi) is 2.14. The van der Waals surface area contributed by atoms with Gasteiger partial charge < -0.3 is 10.6 Å². The summed E-state index contributed by atoms with van der Waals surface area (Å²) < 4.78 is 0. The molecule has 0 aromatic rings. The van der Waals surface area contributed by atoms with Gasteiger partial charge in [-0.3, -0.25) is 10.1 Å². The Hall–Kier alpha value is -1.36. The third kappa shape index (κ3) is 1.31. The number of likely N-dealkylation sites (N-methyl/N-ethyl adjacent to an activating group) is 1. The lowest BCUT2D eigenvalue weighted by Crippen LogP contribution is -2.41. The van der Waals surface area contributed by atoms with Crippen LogP contribution < -0.4 is 5.73 Å². The molecule has 12 heavy (non-hydrogen) atoms. The van der Waals surface area contributed by atoms with Gasteiger partial charge in [0.1, 0.15) is 0 Å². The van der Waals surface area contributed by atoms with E-state index < -0.39 is 11.1 Å². The van der Waals surface area contributed by atoms with Crippen molar-refractivity contribution >= 4 is 0 Å². The number of nitrogens with zero attached hydrogens (tertiary/aromatic N) is 2. The first-order chi connectivity index (χ1) is 5.54. The predicted octanol–water partition coefficient (Wildman–Crippen LogP) is 0.281. The molecule has 0 bridgehead atoms. The highest BCUT2D eigenvalue weighted by Gasteiger charge is 2.28. The first-order valence-electron chi connectivity index (χ1n) is 3.55. The van der Waals surface area contributed by atoms with Gasteiger partial charge in [-0.2, -0.15) is 0 Å². The van der Waals surface area contributed by atoms with Crippen molar-refractivity contribution in [1.82, 2.24) is 4.90 Å². The summed E-state index contributed by atoms with van der Waals surface area (Å²) in [5, 5.41) is 10.5. The largest absolute Gasteiger partial charge is 0.356 e. The van der Waals surface area contributed by atoms with E-state index in [0.29, 0.717) is 5.57 Å². The second-order valence-electron chi connectivity index (χ2n) is 2.75. The number of allylic oxidation sites excluding steroid dienone is 2. The fraction of sp³-hybridized carbons (Fsp3) is 0.429. The average Bonchev–Trinajstić information content (AvgIpc) is 1.97. The normalized spacial score (nSPS) is 23.2. The molecule has 0 aromatic carbocycles. The topological polar surface area (TPSA) is 72.4 Å². The molecule has 0 spiro atoms. The lowest BCUT2D eigenvalue weighted by molar-refractivity contribution is -0.433. The fourth-order valence-corrected chi connectivity index (χ4v) is 1.09. The minimum atomic E-state index is -0.634. The lowest BCUT2D eigenvalue weighted by Gasteiger charge is -2.24. The summed E-state index contributed by atoms with van der Waals surface area (Å²) in [6, 6.07) is 0. The van der Waals surface area contributed by atoms with Gasteiger partial charge in [0.25, 0.3) is 5.70 Å². The molecule has 1 heterocycles. The summed E-state index contributed by atoms with van der Waals surface area (Å²) in [6.07, 6.45) is 2.78. The van der Waals surface area contributed by atoms with Crippen LogP contribution in [-0.4, -0.2) is 23.0 Å². The summed E-state index contributed by atoms with van der Waals surface area (Å²) in [6.45, 7) is 1.68. The van der Waals surface area contributed by atoms with Crippen LogP contribution in [0.5, 0.6) is 0 Å². The molecule has 5 heteroatoms. The van der Waals surface area contributed by atoms with Crippen LogP contribution in [0.1, 0.15) is 6.92 Å². The first kappa shape index (κ1) is 8.73. The second kappa shape index (κ2) is 2.94. The third-order valence-corrected chi connectivity index (χ3v) is 1.88. The van der Waals surface area contributed by atoms with E-state index in [1.807, 2.05) is 0 Å². The zero-order chi connectivity index (χ0) is 9.30. The van der Waals surface area contributed by atoms with Crippen molar-refractivity contribution in [3.63, 3.8) is 0 Å². The van der Waals surface area contributed by atoms with Crippen LogP contribution in [0.15, 0.2) is 23.5 Å². The molecular weight excluding hydrogens is 158 g/mol. The van der Waals surface area contributed by atoms with Crippen molar-refractivity contribution in [1.29, 1.82) is 0 Å². The van der Waals surface area contributed by atoms with Gasteiger partial charge in [-0.25, -0.2) is 0 Å². The highest BCUT2D eigenvalue weighted by atomic mass is 16.6. The van der Waals surface area contributed by atoms with Gasteiger partial charge in [-0.05, 0) is 13.0 Å². The molecule has 0 aliphatic carbocycles. The Balaban J connectivity index is 3.05. The molecule has 0 aromatic heterocycles. The van der Waals surface area contributed by atoms with E-state index in [2.05, 4.69) is 0 Å². The monoisotopic (exact) mass is 169 g/mol. The smallest absolute Gasteiger partial charge is 0.285 e. The maximum Gasteiger partial charge on any atom is 0.285 e. The summed E-state index contributed by atoms with van der Waals surface area (Å²) in [7, 11) is 1.71. The molecule has 0 saturated heterocycles. The molecule has 0 fully saturated rings. The van der Waals surface area contributed by atoms with Crippen LogP contribution in [0.4, 0.5) is 0 Å². The molecule has 0 saturated carbocycles. The van der Waals surface area contributed by atoms with Crippen molar-refractivity contribution < 1.29 is 4.92 Å². The molecule has 66 valence electrons. The van der Waals surface area contributed by atoms with Crippen LogP contribution in [-0.2, 0) is 0 Å². The van der Waals surface area contributed by atoms with Gasteiger partial charge in [0.15, 0.2) is 6.17 Å². The lowest BCUT2D eigenvalue weighted by atomic mass is 10.1. The van der Waals surface area contributed by atoms with Crippen molar-refractivity contribution in [2.45, 2.75) is 13.1 Å².